The highest BCUT2D eigenvalue weighted by molar-refractivity contribution is 6.32. The van der Waals surface area contributed by atoms with Crippen LogP contribution in [0.4, 0.5) is 0 Å². The summed E-state index contributed by atoms with van der Waals surface area (Å²) in [5.74, 6) is -0.0277. The summed E-state index contributed by atoms with van der Waals surface area (Å²) in [6.07, 6.45) is 0.706. The number of nitrogens with one attached hydrogen (secondary N) is 1. The van der Waals surface area contributed by atoms with Crippen LogP contribution in [0.25, 0.3) is 0 Å². The third-order valence-corrected chi connectivity index (χ3v) is 2.67. The second kappa shape index (κ2) is 11.3. The van der Waals surface area contributed by atoms with Crippen molar-refractivity contribution in [3.8, 4) is 0 Å². The zero-order chi connectivity index (χ0) is 17.1. The third-order valence-electron chi connectivity index (χ3n) is 2.32. The minimum atomic E-state index is -0.417. The second-order valence-electron chi connectivity index (χ2n) is 4.91. The summed E-state index contributed by atoms with van der Waals surface area (Å²) in [6.45, 7) is 9.94. The highest BCUT2D eigenvalue weighted by Crippen LogP contribution is 2.17. The summed E-state index contributed by atoms with van der Waals surface area (Å²) >= 11 is 5.81. The van der Waals surface area contributed by atoms with Crippen molar-refractivity contribution in [2.45, 2.75) is 41.2 Å². The van der Waals surface area contributed by atoms with Crippen molar-refractivity contribution in [1.29, 1.82) is 0 Å². The molecule has 0 fully saturated rings. The van der Waals surface area contributed by atoms with Crippen molar-refractivity contribution >= 4 is 23.8 Å². The number of hydrogen-bond donors (Lipinski definition) is 2. The lowest BCUT2D eigenvalue weighted by Gasteiger charge is -2.17. The molecule has 1 aromatic rings. The van der Waals surface area contributed by atoms with Gasteiger partial charge in [-0.05, 0) is 17.7 Å². The molecule has 0 spiro atoms. The van der Waals surface area contributed by atoms with Gasteiger partial charge in [0.05, 0.1) is 5.02 Å². The van der Waals surface area contributed by atoms with Crippen LogP contribution in [0.1, 0.15) is 50.5 Å². The number of halogens is 1. The van der Waals surface area contributed by atoms with Gasteiger partial charge in [-0.2, -0.15) is 0 Å². The number of carbonyl (C=O) groups excluding carboxylic acids is 2. The summed E-state index contributed by atoms with van der Waals surface area (Å²) in [5, 5.41) is 10.2. The summed E-state index contributed by atoms with van der Waals surface area (Å²) in [7, 11) is 1.00. The van der Waals surface area contributed by atoms with E-state index in [2.05, 4.69) is 5.32 Å². The van der Waals surface area contributed by atoms with Crippen LogP contribution >= 0.6 is 11.6 Å². The smallest absolute Gasteiger partial charge is 0.225 e. The highest BCUT2D eigenvalue weighted by Gasteiger charge is 2.20. The molecule has 1 rings (SSSR count). The van der Waals surface area contributed by atoms with Crippen molar-refractivity contribution in [1.82, 2.24) is 5.32 Å². The number of carbonyl (C=O) groups is 2. The largest absolute Gasteiger partial charge is 0.400 e. The lowest BCUT2D eigenvalue weighted by molar-refractivity contribution is -0.128. The Morgan fingerprint density at radius 1 is 1.29 bits per heavy atom. The Morgan fingerprint density at radius 2 is 1.81 bits per heavy atom. The van der Waals surface area contributed by atoms with Crippen molar-refractivity contribution in [3.63, 3.8) is 0 Å². The maximum atomic E-state index is 11.7. The highest BCUT2D eigenvalue weighted by atomic mass is 35.5. The first-order chi connectivity index (χ1) is 9.84. The molecule has 120 valence electrons. The molecule has 0 heterocycles. The van der Waals surface area contributed by atoms with E-state index in [0.29, 0.717) is 23.4 Å². The monoisotopic (exact) mass is 315 g/mol. The number of aldehydes is 1. The van der Waals surface area contributed by atoms with Crippen LogP contribution in [0.2, 0.25) is 5.02 Å². The number of benzene rings is 1. The number of rotatable bonds is 3. The topological polar surface area (TPSA) is 66.4 Å². The molecule has 4 nitrogen and oxygen atoms in total. The Hall–Kier alpha value is -1.39. The van der Waals surface area contributed by atoms with Gasteiger partial charge in [0, 0.05) is 24.6 Å². The van der Waals surface area contributed by atoms with Crippen molar-refractivity contribution in [3.05, 3.63) is 34.3 Å². The summed E-state index contributed by atoms with van der Waals surface area (Å²) < 4.78 is 0. The van der Waals surface area contributed by atoms with Gasteiger partial charge in [-0.15, -0.1) is 0 Å². The fourth-order valence-electron chi connectivity index (χ4n) is 1.24. The van der Waals surface area contributed by atoms with Crippen LogP contribution in [0.5, 0.6) is 0 Å². The van der Waals surface area contributed by atoms with Gasteiger partial charge < -0.3 is 10.4 Å². The molecular weight excluding hydrogens is 290 g/mol. The molecule has 0 aliphatic rings. The fraction of sp³-hybridized carbons (Fsp3) is 0.500. The van der Waals surface area contributed by atoms with Gasteiger partial charge in [0.25, 0.3) is 0 Å². The third kappa shape index (κ3) is 8.48. The summed E-state index contributed by atoms with van der Waals surface area (Å²) in [4.78, 5) is 22.4. The van der Waals surface area contributed by atoms with Gasteiger partial charge in [-0.3, -0.25) is 9.59 Å². The van der Waals surface area contributed by atoms with E-state index in [0.717, 1.165) is 12.7 Å². The number of amides is 1. The molecule has 0 atom stereocenters. The predicted molar refractivity (Wildman–Crippen MR) is 87.6 cm³/mol. The van der Waals surface area contributed by atoms with E-state index in [1.807, 2.05) is 34.6 Å². The first kappa shape index (κ1) is 21.9. The Bertz CT molecular complexity index is 440. The quantitative estimate of drug-likeness (QED) is 0.840. The Kier molecular flexibility index (Phi) is 11.8. The van der Waals surface area contributed by atoms with Crippen molar-refractivity contribution < 1.29 is 14.7 Å². The molecule has 1 aromatic carbocycles. The minimum absolute atomic E-state index is 0.0277. The van der Waals surface area contributed by atoms with Crippen LogP contribution in [-0.4, -0.2) is 24.4 Å². The van der Waals surface area contributed by atoms with Gasteiger partial charge in [0.1, 0.15) is 0 Å². The van der Waals surface area contributed by atoms with E-state index in [-0.39, 0.29) is 5.91 Å². The average Bonchev–Trinajstić information content (AvgIpc) is 2.49. The van der Waals surface area contributed by atoms with Crippen LogP contribution in [0, 0.1) is 5.41 Å². The first-order valence-corrected chi connectivity index (χ1v) is 7.19. The van der Waals surface area contributed by atoms with Crippen molar-refractivity contribution in [2.24, 2.45) is 5.41 Å². The Labute approximate surface area is 132 Å². The normalized spacial score (nSPS) is 9.52. The lowest BCUT2D eigenvalue weighted by Crippen LogP contribution is -2.34. The molecule has 5 heteroatoms. The van der Waals surface area contributed by atoms with Crippen LogP contribution in [-0.2, 0) is 11.3 Å². The van der Waals surface area contributed by atoms with E-state index in [9.17, 15) is 9.59 Å². The van der Waals surface area contributed by atoms with Crippen LogP contribution < -0.4 is 5.32 Å². The Balaban J connectivity index is 0. The Morgan fingerprint density at radius 3 is 2.24 bits per heavy atom. The molecule has 0 saturated carbocycles. The van der Waals surface area contributed by atoms with Crippen LogP contribution in [0.15, 0.2) is 18.2 Å². The molecule has 21 heavy (non-hydrogen) atoms. The van der Waals surface area contributed by atoms with Gasteiger partial charge >= 0.3 is 0 Å². The SMILES string of the molecule is CC.CC(C)(C)C(=O)NCc1ccc(Cl)c(C=O)c1.CO. The summed E-state index contributed by atoms with van der Waals surface area (Å²) in [6, 6.07) is 5.13. The standard InChI is InChI=1S/C13H16ClNO2.C2H6.CH4O/c1-13(2,3)12(17)15-7-9-4-5-11(14)10(6-9)8-16;2*1-2/h4-6,8H,7H2,1-3H3,(H,15,17);1-2H3;2H,1H3. The molecule has 1 amide bonds. The average molecular weight is 316 g/mol. The zero-order valence-electron chi connectivity index (χ0n) is 13.7. The van der Waals surface area contributed by atoms with E-state index >= 15 is 0 Å². The molecule has 0 aromatic heterocycles. The van der Waals surface area contributed by atoms with Gasteiger partial charge in [-0.25, -0.2) is 0 Å². The molecule has 0 aliphatic heterocycles. The maximum absolute atomic E-state index is 11.7. The molecule has 0 saturated heterocycles. The molecule has 2 N–H and O–H groups in total. The fourth-order valence-corrected chi connectivity index (χ4v) is 1.40. The molecule has 0 radical (unpaired) electrons. The molecule has 0 bridgehead atoms. The second-order valence-corrected chi connectivity index (χ2v) is 5.31. The molecule has 0 unspecified atom stereocenters. The van der Waals surface area contributed by atoms with E-state index in [1.54, 1.807) is 18.2 Å². The zero-order valence-corrected chi connectivity index (χ0v) is 14.4. The van der Waals surface area contributed by atoms with Crippen LogP contribution in [0.3, 0.4) is 0 Å². The maximum Gasteiger partial charge on any atom is 0.225 e. The van der Waals surface area contributed by atoms with Gasteiger partial charge in [0.15, 0.2) is 6.29 Å². The molecular formula is C16H26ClNO3. The molecule has 0 aliphatic carbocycles. The van der Waals surface area contributed by atoms with E-state index in [4.69, 9.17) is 16.7 Å². The number of aliphatic hydroxyl groups excluding tert-OH is 1. The number of aliphatic hydroxyl groups is 1. The van der Waals surface area contributed by atoms with Crippen molar-refractivity contribution in [2.75, 3.05) is 7.11 Å². The van der Waals surface area contributed by atoms with Gasteiger partial charge in [-0.1, -0.05) is 52.3 Å². The number of hydrogen-bond acceptors (Lipinski definition) is 3. The minimum Gasteiger partial charge on any atom is -0.400 e. The van der Waals surface area contributed by atoms with E-state index < -0.39 is 5.41 Å². The van der Waals surface area contributed by atoms with Gasteiger partial charge in [0.2, 0.25) is 5.91 Å². The summed E-state index contributed by atoms with van der Waals surface area (Å²) in [5.41, 5.74) is 0.878. The first-order valence-electron chi connectivity index (χ1n) is 6.81. The predicted octanol–water partition coefficient (Wildman–Crippen LogP) is 3.45. The lowest BCUT2D eigenvalue weighted by atomic mass is 9.95. The van der Waals surface area contributed by atoms with E-state index in [1.165, 1.54) is 0 Å².